The monoisotopic (exact) mass is 492 g/mol. The van der Waals surface area contributed by atoms with Crippen LogP contribution < -0.4 is 19.6 Å². The van der Waals surface area contributed by atoms with E-state index >= 15 is 0 Å². The molecular formula is C26H20O10. The third kappa shape index (κ3) is 3.59. The smallest absolute Gasteiger partial charge is 0.312 e. The second-order valence-corrected chi connectivity index (χ2v) is 8.19. The third-order valence-corrected chi connectivity index (χ3v) is 6.09. The van der Waals surface area contributed by atoms with E-state index in [2.05, 4.69) is 0 Å². The standard InChI is InChI=1S/C26H20O10/c1-33-20-6-12(7-21(34-2)25(20)32)13-8-22(31)35-19-10-17(30)24-16(29)9-18(36-26(24)23(13)19)11-3-4-14(27)15(28)5-11/h3-7,9-10,13,27-28,30,32H,8H2,1-2H3. The van der Waals surface area contributed by atoms with Crippen LogP contribution in [-0.2, 0) is 4.79 Å². The molecule has 10 nitrogen and oxygen atoms in total. The molecule has 184 valence electrons. The summed E-state index contributed by atoms with van der Waals surface area (Å²) in [6.45, 7) is 0. The second kappa shape index (κ2) is 8.42. The molecule has 36 heavy (non-hydrogen) atoms. The number of benzene rings is 3. The normalized spacial score (nSPS) is 14.8. The number of carbonyl (C=O) groups is 1. The lowest BCUT2D eigenvalue weighted by Gasteiger charge is -2.26. The Balaban J connectivity index is 1.82. The zero-order valence-corrected chi connectivity index (χ0v) is 19.1. The Bertz CT molecular complexity index is 1580. The summed E-state index contributed by atoms with van der Waals surface area (Å²) >= 11 is 0. The molecule has 10 heteroatoms. The molecule has 0 saturated carbocycles. The molecule has 4 aromatic rings. The van der Waals surface area contributed by atoms with E-state index in [9.17, 15) is 30.0 Å². The van der Waals surface area contributed by atoms with Crippen molar-refractivity contribution in [1.82, 2.24) is 0 Å². The van der Waals surface area contributed by atoms with Crippen molar-refractivity contribution in [2.75, 3.05) is 14.2 Å². The van der Waals surface area contributed by atoms with Gasteiger partial charge >= 0.3 is 5.97 Å². The van der Waals surface area contributed by atoms with Gasteiger partial charge in [0.25, 0.3) is 0 Å². The maximum absolute atomic E-state index is 13.1. The molecule has 2 heterocycles. The Morgan fingerprint density at radius 3 is 2.19 bits per heavy atom. The number of hydrogen-bond acceptors (Lipinski definition) is 10. The van der Waals surface area contributed by atoms with Gasteiger partial charge in [0.2, 0.25) is 5.75 Å². The highest BCUT2D eigenvalue weighted by atomic mass is 16.5. The molecule has 0 amide bonds. The minimum Gasteiger partial charge on any atom is -0.507 e. The largest absolute Gasteiger partial charge is 0.507 e. The van der Waals surface area contributed by atoms with Crippen molar-refractivity contribution in [3.8, 4) is 51.6 Å². The Labute approximate surface area is 203 Å². The molecule has 1 atom stereocenters. The molecule has 1 aromatic heterocycles. The zero-order valence-electron chi connectivity index (χ0n) is 19.1. The Hall–Kier alpha value is -4.86. The molecule has 4 N–H and O–H groups in total. The van der Waals surface area contributed by atoms with Gasteiger partial charge in [0.15, 0.2) is 28.4 Å². The average molecular weight is 492 g/mol. The van der Waals surface area contributed by atoms with Gasteiger partial charge < -0.3 is 39.1 Å². The predicted octanol–water partition coefficient (Wildman–Crippen LogP) is 3.74. The molecule has 0 bridgehead atoms. The van der Waals surface area contributed by atoms with Crippen molar-refractivity contribution in [3.05, 3.63) is 63.8 Å². The maximum Gasteiger partial charge on any atom is 0.312 e. The maximum atomic E-state index is 13.1. The molecule has 0 radical (unpaired) electrons. The van der Waals surface area contributed by atoms with E-state index in [4.69, 9.17) is 18.6 Å². The summed E-state index contributed by atoms with van der Waals surface area (Å²) in [5.41, 5.74) is 0.513. The summed E-state index contributed by atoms with van der Waals surface area (Å²) in [6, 6.07) is 9.30. The van der Waals surface area contributed by atoms with Gasteiger partial charge in [-0.2, -0.15) is 0 Å². The van der Waals surface area contributed by atoms with Gasteiger partial charge in [0.05, 0.1) is 20.6 Å². The van der Waals surface area contributed by atoms with Crippen molar-refractivity contribution in [3.63, 3.8) is 0 Å². The fraction of sp³-hybridized carbons (Fsp3) is 0.154. The second-order valence-electron chi connectivity index (χ2n) is 8.19. The minimum atomic E-state index is -0.723. The van der Waals surface area contributed by atoms with Crippen molar-refractivity contribution < 1.29 is 43.8 Å². The summed E-state index contributed by atoms with van der Waals surface area (Å²) in [5.74, 6) is -2.47. The summed E-state index contributed by atoms with van der Waals surface area (Å²) in [6.07, 6.45) is -0.141. The number of esters is 1. The number of rotatable bonds is 4. The van der Waals surface area contributed by atoms with Gasteiger partial charge in [-0.1, -0.05) is 0 Å². The van der Waals surface area contributed by atoms with Gasteiger partial charge in [-0.15, -0.1) is 0 Å². The lowest BCUT2D eigenvalue weighted by atomic mass is 9.84. The Morgan fingerprint density at radius 1 is 0.861 bits per heavy atom. The van der Waals surface area contributed by atoms with E-state index in [-0.39, 0.29) is 51.9 Å². The lowest BCUT2D eigenvalue weighted by molar-refractivity contribution is -0.135. The first-order chi connectivity index (χ1) is 17.2. The van der Waals surface area contributed by atoms with E-state index in [1.807, 2.05) is 0 Å². The van der Waals surface area contributed by atoms with Gasteiger partial charge in [-0.05, 0) is 35.9 Å². The summed E-state index contributed by atoms with van der Waals surface area (Å²) in [7, 11) is 2.74. The van der Waals surface area contributed by atoms with E-state index in [0.29, 0.717) is 16.7 Å². The van der Waals surface area contributed by atoms with Crippen LogP contribution in [0.4, 0.5) is 0 Å². The SMILES string of the molecule is COc1cc(C2CC(=O)Oc3cc(O)c4c(=O)cc(-c5ccc(O)c(O)c5)oc4c32)cc(OC)c1O. The van der Waals surface area contributed by atoms with Crippen LogP contribution in [-0.4, -0.2) is 40.6 Å². The molecule has 0 fully saturated rings. The van der Waals surface area contributed by atoms with Crippen LogP contribution in [0.3, 0.4) is 0 Å². The van der Waals surface area contributed by atoms with Crippen molar-refractivity contribution in [1.29, 1.82) is 0 Å². The molecule has 3 aromatic carbocycles. The lowest BCUT2D eigenvalue weighted by Crippen LogP contribution is -2.22. The van der Waals surface area contributed by atoms with Crippen LogP contribution >= 0.6 is 0 Å². The van der Waals surface area contributed by atoms with E-state index in [0.717, 1.165) is 6.07 Å². The number of aromatic hydroxyl groups is 4. The average Bonchev–Trinajstić information content (AvgIpc) is 2.84. The summed E-state index contributed by atoms with van der Waals surface area (Å²) in [5, 5.41) is 40.4. The molecule has 1 aliphatic heterocycles. The first-order valence-corrected chi connectivity index (χ1v) is 10.7. The molecule has 0 saturated heterocycles. The Kier molecular flexibility index (Phi) is 5.36. The number of ether oxygens (including phenoxy) is 3. The van der Waals surface area contributed by atoms with Crippen molar-refractivity contribution >= 4 is 16.9 Å². The van der Waals surface area contributed by atoms with Crippen LogP contribution in [0.1, 0.15) is 23.5 Å². The van der Waals surface area contributed by atoms with Crippen LogP contribution in [0.25, 0.3) is 22.3 Å². The Morgan fingerprint density at radius 2 is 1.56 bits per heavy atom. The van der Waals surface area contributed by atoms with E-state index in [1.54, 1.807) is 0 Å². The number of phenolic OH excluding ortho intramolecular Hbond substituents is 4. The topological polar surface area (TPSA) is 156 Å². The number of fused-ring (bicyclic) bond motifs is 3. The number of hydrogen-bond donors (Lipinski definition) is 4. The van der Waals surface area contributed by atoms with Crippen LogP contribution in [0.5, 0.6) is 40.2 Å². The van der Waals surface area contributed by atoms with Crippen molar-refractivity contribution in [2.45, 2.75) is 12.3 Å². The fourth-order valence-electron chi connectivity index (χ4n) is 4.38. The fourth-order valence-corrected chi connectivity index (χ4v) is 4.38. The molecule has 1 unspecified atom stereocenters. The highest BCUT2D eigenvalue weighted by Gasteiger charge is 2.34. The van der Waals surface area contributed by atoms with Crippen molar-refractivity contribution in [2.24, 2.45) is 0 Å². The number of phenols is 4. The first kappa shape index (κ1) is 22.9. The molecular weight excluding hydrogens is 472 g/mol. The molecule has 5 rings (SSSR count). The molecule has 0 spiro atoms. The minimum absolute atomic E-state index is 0.00103. The van der Waals surface area contributed by atoms with E-state index < -0.39 is 28.8 Å². The first-order valence-electron chi connectivity index (χ1n) is 10.7. The molecule has 1 aliphatic rings. The third-order valence-electron chi connectivity index (χ3n) is 6.09. The van der Waals surface area contributed by atoms with Gasteiger partial charge in [0, 0.05) is 29.2 Å². The highest BCUT2D eigenvalue weighted by Crippen LogP contribution is 2.48. The zero-order chi connectivity index (χ0) is 25.7. The van der Waals surface area contributed by atoms with Gasteiger partial charge in [0.1, 0.15) is 28.2 Å². The van der Waals surface area contributed by atoms with Crippen LogP contribution in [0.2, 0.25) is 0 Å². The van der Waals surface area contributed by atoms with Crippen LogP contribution in [0.15, 0.2) is 51.7 Å². The molecule has 0 aliphatic carbocycles. The van der Waals surface area contributed by atoms with Gasteiger partial charge in [-0.3, -0.25) is 9.59 Å². The quantitative estimate of drug-likeness (QED) is 0.188. The summed E-state index contributed by atoms with van der Waals surface area (Å²) in [4.78, 5) is 25.6. The predicted molar refractivity (Wildman–Crippen MR) is 126 cm³/mol. The number of carbonyl (C=O) groups excluding carboxylic acids is 1. The van der Waals surface area contributed by atoms with Gasteiger partial charge in [-0.25, -0.2) is 0 Å². The highest BCUT2D eigenvalue weighted by molar-refractivity contribution is 5.93. The van der Waals surface area contributed by atoms with Crippen LogP contribution in [0, 0.1) is 0 Å². The number of methoxy groups -OCH3 is 2. The van der Waals surface area contributed by atoms with E-state index in [1.165, 1.54) is 50.6 Å². The summed E-state index contributed by atoms with van der Waals surface area (Å²) < 4.78 is 22.0.